The van der Waals surface area contributed by atoms with Gasteiger partial charge in [-0.15, -0.1) is 12.6 Å². The van der Waals surface area contributed by atoms with Crippen LogP contribution in [0.5, 0.6) is 0 Å². The fraction of sp³-hybridized carbons (Fsp3) is 0.562. The van der Waals surface area contributed by atoms with E-state index >= 15 is 0 Å². The maximum atomic E-state index is 12.8. The van der Waals surface area contributed by atoms with E-state index in [1.807, 2.05) is 29.2 Å². The third kappa shape index (κ3) is 3.35. The Bertz CT molecular complexity index is 524. The third-order valence-corrected chi connectivity index (χ3v) is 4.47. The first kappa shape index (κ1) is 16.2. The van der Waals surface area contributed by atoms with Crippen LogP contribution < -0.4 is 11.1 Å². The van der Waals surface area contributed by atoms with Gasteiger partial charge in [0.15, 0.2) is 0 Å². The SMILES string of the molecule is CC1(C)CC(N)CC(C)(C)N1C(=O)Nc1ccccc1S. The van der Waals surface area contributed by atoms with Crippen LogP contribution in [0.4, 0.5) is 10.5 Å². The largest absolute Gasteiger partial charge is 0.328 e. The van der Waals surface area contributed by atoms with E-state index < -0.39 is 0 Å². The Hall–Kier alpha value is -1.20. The molecule has 1 aromatic rings. The highest BCUT2D eigenvalue weighted by Crippen LogP contribution is 2.38. The number of benzene rings is 1. The van der Waals surface area contributed by atoms with Crippen LogP contribution in [0, 0.1) is 0 Å². The minimum Gasteiger partial charge on any atom is -0.328 e. The molecule has 0 aromatic heterocycles. The van der Waals surface area contributed by atoms with Gasteiger partial charge in [-0.2, -0.15) is 0 Å². The second kappa shape index (κ2) is 5.54. The zero-order valence-corrected chi connectivity index (χ0v) is 14.1. The van der Waals surface area contributed by atoms with Crippen LogP contribution in [0.2, 0.25) is 0 Å². The topological polar surface area (TPSA) is 58.4 Å². The summed E-state index contributed by atoms with van der Waals surface area (Å²) >= 11 is 4.38. The molecule has 116 valence electrons. The van der Waals surface area contributed by atoms with E-state index in [1.165, 1.54) is 0 Å². The number of rotatable bonds is 1. The van der Waals surface area contributed by atoms with Gasteiger partial charge in [0.05, 0.1) is 5.69 Å². The number of piperidine rings is 1. The van der Waals surface area contributed by atoms with Crippen molar-refractivity contribution in [3.05, 3.63) is 24.3 Å². The number of para-hydroxylation sites is 1. The van der Waals surface area contributed by atoms with E-state index in [-0.39, 0.29) is 23.2 Å². The Labute approximate surface area is 132 Å². The number of amides is 2. The lowest BCUT2D eigenvalue weighted by molar-refractivity contribution is 0.00875. The van der Waals surface area contributed by atoms with Gasteiger partial charge in [0.25, 0.3) is 0 Å². The summed E-state index contributed by atoms with van der Waals surface area (Å²) in [7, 11) is 0. The Balaban J connectivity index is 2.26. The molecule has 1 fully saturated rings. The Morgan fingerprint density at radius 2 is 1.76 bits per heavy atom. The van der Waals surface area contributed by atoms with Crippen LogP contribution in [-0.2, 0) is 0 Å². The molecule has 0 atom stereocenters. The highest BCUT2D eigenvalue weighted by Gasteiger charge is 2.47. The normalized spacial score (nSPS) is 21.1. The van der Waals surface area contributed by atoms with Crippen molar-refractivity contribution in [3.8, 4) is 0 Å². The minimum absolute atomic E-state index is 0.0987. The molecule has 0 aliphatic carbocycles. The fourth-order valence-electron chi connectivity index (χ4n) is 3.66. The smallest absolute Gasteiger partial charge is 0.322 e. The molecule has 1 saturated heterocycles. The van der Waals surface area contributed by atoms with Gasteiger partial charge in [-0.3, -0.25) is 0 Å². The average Bonchev–Trinajstić information content (AvgIpc) is 2.27. The number of likely N-dealkylation sites (tertiary alicyclic amines) is 1. The van der Waals surface area contributed by atoms with Crippen molar-refractivity contribution in [1.82, 2.24) is 4.90 Å². The Morgan fingerprint density at radius 3 is 2.29 bits per heavy atom. The molecule has 1 aromatic carbocycles. The van der Waals surface area contributed by atoms with Gasteiger partial charge >= 0.3 is 6.03 Å². The number of hydrogen-bond donors (Lipinski definition) is 3. The van der Waals surface area contributed by atoms with Crippen LogP contribution in [0.25, 0.3) is 0 Å². The molecule has 21 heavy (non-hydrogen) atoms. The van der Waals surface area contributed by atoms with Crippen molar-refractivity contribution in [3.63, 3.8) is 0 Å². The molecule has 4 nitrogen and oxygen atoms in total. The lowest BCUT2D eigenvalue weighted by atomic mass is 9.77. The van der Waals surface area contributed by atoms with Crippen LogP contribution >= 0.6 is 12.6 Å². The number of nitrogens with one attached hydrogen (secondary N) is 1. The predicted molar refractivity (Wildman–Crippen MR) is 89.9 cm³/mol. The summed E-state index contributed by atoms with van der Waals surface area (Å²) in [6.45, 7) is 8.28. The van der Waals surface area contributed by atoms with Gasteiger partial charge < -0.3 is 16.0 Å². The summed E-state index contributed by atoms with van der Waals surface area (Å²) in [6.07, 6.45) is 1.60. The molecule has 0 spiro atoms. The van der Waals surface area contributed by atoms with Gasteiger partial charge in [0.1, 0.15) is 0 Å². The zero-order valence-electron chi connectivity index (χ0n) is 13.2. The summed E-state index contributed by atoms with van der Waals surface area (Å²) in [5, 5.41) is 2.98. The molecule has 0 bridgehead atoms. The standard InChI is InChI=1S/C16H25N3OS/c1-15(2)9-11(17)10-16(3,4)19(15)14(20)18-12-7-5-6-8-13(12)21/h5-8,11,21H,9-10,17H2,1-4H3,(H,18,20). The van der Waals surface area contributed by atoms with E-state index in [2.05, 4.69) is 45.6 Å². The summed E-state index contributed by atoms with van der Waals surface area (Å²) in [5.41, 5.74) is 6.32. The summed E-state index contributed by atoms with van der Waals surface area (Å²) < 4.78 is 0. The Kier molecular flexibility index (Phi) is 4.26. The van der Waals surface area contributed by atoms with E-state index in [4.69, 9.17) is 5.73 Å². The quantitative estimate of drug-likeness (QED) is 0.696. The monoisotopic (exact) mass is 307 g/mol. The molecule has 2 amide bonds. The zero-order chi connectivity index (χ0) is 15.8. The molecule has 0 unspecified atom stereocenters. The molecule has 0 radical (unpaired) electrons. The molecule has 1 heterocycles. The fourth-order valence-corrected chi connectivity index (χ4v) is 3.87. The van der Waals surface area contributed by atoms with Crippen molar-refractivity contribution >= 4 is 24.3 Å². The van der Waals surface area contributed by atoms with Crippen molar-refractivity contribution in [2.75, 3.05) is 5.32 Å². The number of thiol groups is 1. The van der Waals surface area contributed by atoms with E-state index in [0.717, 1.165) is 23.4 Å². The number of urea groups is 1. The summed E-state index contributed by atoms with van der Waals surface area (Å²) in [4.78, 5) is 15.5. The van der Waals surface area contributed by atoms with Crippen LogP contribution in [-0.4, -0.2) is 28.1 Å². The average molecular weight is 307 g/mol. The number of carbonyl (C=O) groups excluding carboxylic acids is 1. The molecule has 1 aliphatic heterocycles. The Morgan fingerprint density at radius 1 is 1.24 bits per heavy atom. The van der Waals surface area contributed by atoms with Gasteiger partial charge in [0, 0.05) is 22.0 Å². The third-order valence-electron chi connectivity index (χ3n) is 4.08. The first-order valence-electron chi connectivity index (χ1n) is 7.28. The van der Waals surface area contributed by atoms with Crippen molar-refractivity contribution < 1.29 is 4.79 Å². The molecule has 1 aliphatic rings. The van der Waals surface area contributed by atoms with Crippen LogP contribution in [0.3, 0.4) is 0 Å². The molecule has 2 rings (SSSR count). The maximum Gasteiger partial charge on any atom is 0.322 e. The van der Waals surface area contributed by atoms with Gasteiger partial charge in [-0.1, -0.05) is 12.1 Å². The second-order valence-electron chi connectivity index (χ2n) is 7.08. The van der Waals surface area contributed by atoms with E-state index in [1.54, 1.807) is 0 Å². The van der Waals surface area contributed by atoms with E-state index in [0.29, 0.717) is 0 Å². The first-order chi connectivity index (χ1) is 9.63. The van der Waals surface area contributed by atoms with Crippen LogP contribution in [0.1, 0.15) is 40.5 Å². The number of hydrogen-bond acceptors (Lipinski definition) is 3. The lowest BCUT2D eigenvalue weighted by Crippen LogP contribution is -2.66. The highest BCUT2D eigenvalue weighted by atomic mass is 32.1. The summed E-state index contributed by atoms with van der Waals surface area (Å²) in [6, 6.07) is 7.52. The van der Waals surface area contributed by atoms with Gasteiger partial charge in [-0.05, 0) is 52.7 Å². The molecular weight excluding hydrogens is 282 g/mol. The number of nitrogens with two attached hydrogens (primary N) is 1. The summed E-state index contributed by atoms with van der Waals surface area (Å²) in [5.74, 6) is 0. The van der Waals surface area contributed by atoms with Gasteiger partial charge in [-0.25, -0.2) is 4.79 Å². The maximum absolute atomic E-state index is 12.8. The van der Waals surface area contributed by atoms with Crippen molar-refractivity contribution in [2.45, 2.75) is 62.6 Å². The van der Waals surface area contributed by atoms with E-state index in [9.17, 15) is 4.79 Å². The molecule has 0 saturated carbocycles. The molecular formula is C16H25N3OS. The van der Waals surface area contributed by atoms with Crippen molar-refractivity contribution in [2.24, 2.45) is 5.73 Å². The number of nitrogens with zero attached hydrogens (tertiary/aromatic N) is 1. The minimum atomic E-state index is -0.281. The number of carbonyl (C=O) groups is 1. The number of anilines is 1. The lowest BCUT2D eigenvalue weighted by Gasteiger charge is -2.54. The molecule has 3 N–H and O–H groups in total. The second-order valence-corrected chi connectivity index (χ2v) is 7.56. The van der Waals surface area contributed by atoms with Gasteiger partial charge in [0.2, 0.25) is 0 Å². The van der Waals surface area contributed by atoms with Crippen molar-refractivity contribution in [1.29, 1.82) is 0 Å². The molecule has 5 heteroatoms. The highest BCUT2D eigenvalue weighted by molar-refractivity contribution is 7.80. The predicted octanol–water partition coefficient (Wildman–Crippen LogP) is 3.49. The van der Waals surface area contributed by atoms with Crippen LogP contribution in [0.15, 0.2) is 29.2 Å². The first-order valence-corrected chi connectivity index (χ1v) is 7.73.